The van der Waals surface area contributed by atoms with Crippen molar-refractivity contribution >= 4 is 11.9 Å². The summed E-state index contributed by atoms with van der Waals surface area (Å²) < 4.78 is 70.7. The van der Waals surface area contributed by atoms with Gasteiger partial charge in [0.15, 0.2) is 0 Å². The number of carboxylic acids is 2. The third kappa shape index (κ3) is 8.86. The van der Waals surface area contributed by atoms with E-state index in [1.54, 1.807) is 6.26 Å². The highest BCUT2D eigenvalue weighted by Gasteiger charge is 2.38. The highest BCUT2D eigenvalue weighted by atomic mass is 19.4. The number of rotatable bonds is 4. The quantitative estimate of drug-likeness (QED) is 0.577. The normalized spacial score (nSPS) is 16.4. The van der Waals surface area contributed by atoms with E-state index in [-0.39, 0.29) is 0 Å². The van der Waals surface area contributed by atoms with Crippen molar-refractivity contribution in [1.29, 1.82) is 0 Å². The number of carboxylic acid groups (broad SMARTS) is 2. The molecule has 0 saturated carbocycles. The predicted molar refractivity (Wildman–Crippen MR) is 111 cm³/mol. The topological polar surface area (TPSA) is 112 Å². The first kappa shape index (κ1) is 29.2. The Morgan fingerprint density at radius 3 is 1.97 bits per heavy atom. The fourth-order valence-corrected chi connectivity index (χ4v) is 3.74. The number of likely N-dealkylation sites (tertiary alicyclic amines) is 1. The number of halogens is 6. The van der Waals surface area contributed by atoms with Gasteiger partial charge in [0, 0.05) is 44.4 Å². The number of aliphatic carboxylic acids is 2. The van der Waals surface area contributed by atoms with Crippen molar-refractivity contribution in [2.45, 2.75) is 57.8 Å². The van der Waals surface area contributed by atoms with E-state index in [1.807, 2.05) is 6.26 Å². The maximum absolute atomic E-state index is 10.6. The van der Waals surface area contributed by atoms with Gasteiger partial charge >= 0.3 is 24.3 Å². The lowest BCUT2D eigenvalue weighted by Crippen LogP contribution is -2.29. The van der Waals surface area contributed by atoms with Crippen LogP contribution in [0.5, 0.6) is 0 Å². The molecule has 0 aromatic carbocycles. The number of hydrogen-bond acceptors (Lipinski definition) is 6. The van der Waals surface area contributed by atoms with Crippen molar-refractivity contribution in [3.63, 3.8) is 0 Å². The van der Waals surface area contributed by atoms with Crippen LogP contribution >= 0.6 is 0 Å². The number of aromatic nitrogens is 2. The van der Waals surface area contributed by atoms with Gasteiger partial charge in [-0.25, -0.2) is 9.59 Å². The average Bonchev–Trinajstić information content (AvgIpc) is 3.49. The minimum Gasteiger partial charge on any atom is -0.475 e. The van der Waals surface area contributed by atoms with Gasteiger partial charge in [-0.1, -0.05) is 6.42 Å². The molecule has 0 unspecified atom stereocenters. The van der Waals surface area contributed by atoms with Crippen molar-refractivity contribution in [3.05, 3.63) is 41.1 Å². The Balaban J connectivity index is 0.000000271. The maximum Gasteiger partial charge on any atom is 0.490 e. The van der Waals surface area contributed by atoms with E-state index in [1.165, 1.54) is 54.9 Å². The van der Waals surface area contributed by atoms with Crippen molar-refractivity contribution < 1.29 is 50.6 Å². The highest BCUT2D eigenvalue weighted by Crippen LogP contribution is 2.28. The summed E-state index contributed by atoms with van der Waals surface area (Å²) in [6.07, 6.45) is -2.52. The van der Waals surface area contributed by atoms with Crippen molar-refractivity contribution in [3.8, 4) is 0 Å². The second-order valence-electron chi connectivity index (χ2n) is 8.21. The van der Waals surface area contributed by atoms with Gasteiger partial charge in [-0.2, -0.15) is 31.4 Å². The molecule has 0 amide bonds. The first-order valence-corrected chi connectivity index (χ1v) is 10.8. The van der Waals surface area contributed by atoms with Gasteiger partial charge in [-0.15, -0.1) is 0 Å². The van der Waals surface area contributed by atoms with Gasteiger partial charge in [-0.05, 0) is 32.0 Å². The van der Waals surface area contributed by atoms with E-state index in [0.717, 1.165) is 26.2 Å². The summed E-state index contributed by atoms with van der Waals surface area (Å²) in [4.78, 5) is 22.8. The molecule has 0 radical (unpaired) electrons. The number of alkyl halides is 6. The smallest absolute Gasteiger partial charge is 0.475 e. The van der Waals surface area contributed by atoms with Gasteiger partial charge in [0.2, 0.25) is 0 Å². The van der Waals surface area contributed by atoms with Crippen molar-refractivity contribution in [1.82, 2.24) is 19.6 Å². The van der Waals surface area contributed by atoms with Gasteiger partial charge in [0.1, 0.15) is 0 Å². The fraction of sp³-hybridized carbons (Fsp3) is 0.571. The summed E-state index contributed by atoms with van der Waals surface area (Å²) in [6.45, 7) is 6.42. The molecule has 4 rings (SSSR count). The summed E-state index contributed by atoms with van der Waals surface area (Å²) in [5.74, 6) is -5.51. The number of hydrogen-bond donors (Lipinski definition) is 2. The zero-order chi connectivity index (χ0) is 27.1. The van der Waals surface area contributed by atoms with Crippen LogP contribution in [0, 0.1) is 0 Å². The van der Waals surface area contributed by atoms with E-state index < -0.39 is 24.3 Å². The fourth-order valence-electron chi connectivity index (χ4n) is 3.74. The molecule has 0 bridgehead atoms. The molecular weight excluding hydrogens is 502 g/mol. The van der Waals surface area contributed by atoms with Crippen LogP contribution in [0.4, 0.5) is 26.3 Å². The molecule has 2 aromatic rings. The Morgan fingerprint density at radius 2 is 1.50 bits per heavy atom. The molecule has 1 saturated heterocycles. The van der Waals surface area contributed by atoms with Crippen molar-refractivity contribution in [2.24, 2.45) is 7.05 Å². The van der Waals surface area contributed by atoms with Crippen molar-refractivity contribution in [2.75, 3.05) is 13.1 Å². The van der Waals surface area contributed by atoms with E-state index in [2.05, 4.69) is 27.6 Å². The van der Waals surface area contributed by atoms with Crippen LogP contribution in [-0.2, 0) is 42.8 Å². The Bertz CT molecular complexity index is 974. The molecule has 202 valence electrons. The van der Waals surface area contributed by atoms with Crippen LogP contribution in [0.2, 0.25) is 0 Å². The Hall–Kier alpha value is -3.07. The third-order valence-electron chi connectivity index (χ3n) is 5.41. The van der Waals surface area contributed by atoms with E-state index in [0.29, 0.717) is 0 Å². The third-order valence-corrected chi connectivity index (χ3v) is 5.41. The van der Waals surface area contributed by atoms with Gasteiger partial charge in [0.05, 0.1) is 23.9 Å². The largest absolute Gasteiger partial charge is 0.490 e. The summed E-state index contributed by atoms with van der Waals surface area (Å²) in [5.41, 5.74) is 5.37. The van der Waals surface area contributed by atoms with Gasteiger partial charge < -0.3 is 14.6 Å². The SMILES string of the molecule is Cn1nc(CN2CCCCC2)c2c1CN(Cc1ccoc1)C2.O=C(O)C(F)(F)F.O=C(O)C(F)(F)F. The molecule has 1 fully saturated rings. The van der Waals surface area contributed by atoms with Crippen LogP contribution in [0.25, 0.3) is 0 Å². The van der Waals surface area contributed by atoms with E-state index >= 15 is 0 Å². The summed E-state index contributed by atoms with van der Waals surface area (Å²) in [7, 11) is 2.08. The predicted octanol–water partition coefficient (Wildman–Crippen LogP) is 3.78. The van der Waals surface area contributed by atoms with E-state index in [4.69, 9.17) is 29.3 Å². The second-order valence-corrected chi connectivity index (χ2v) is 8.21. The Morgan fingerprint density at radius 1 is 0.944 bits per heavy atom. The number of furan rings is 1. The molecule has 15 heteroatoms. The van der Waals surface area contributed by atoms with Crippen LogP contribution in [-0.4, -0.2) is 67.2 Å². The summed E-state index contributed by atoms with van der Waals surface area (Å²) in [5, 5.41) is 19.0. The molecule has 2 aliphatic heterocycles. The molecule has 2 aliphatic rings. The Labute approximate surface area is 201 Å². The van der Waals surface area contributed by atoms with Gasteiger partial charge in [-0.3, -0.25) is 14.5 Å². The van der Waals surface area contributed by atoms with Crippen LogP contribution in [0.1, 0.15) is 41.8 Å². The molecular formula is C21H26F6N4O5. The molecule has 36 heavy (non-hydrogen) atoms. The molecule has 9 nitrogen and oxygen atoms in total. The molecule has 0 spiro atoms. The summed E-state index contributed by atoms with van der Waals surface area (Å²) >= 11 is 0. The first-order chi connectivity index (χ1) is 16.7. The minimum atomic E-state index is -5.08. The lowest BCUT2D eigenvalue weighted by Gasteiger charge is -2.26. The molecule has 2 aromatic heterocycles. The first-order valence-electron chi connectivity index (χ1n) is 10.8. The van der Waals surface area contributed by atoms with Crippen LogP contribution in [0.3, 0.4) is 0 Å². The maximum atomic E-state index is 10.6. The zero-order valence-electron chi connectivity index (χ0n) is 19.3. The molecule has 0 atom stereocenters. The molecule has 2 N–H and O–H groups in total. The Kier molecular flexibility index (Phi) is 9.93. The zero-order valence-corrected chi connectivity index (χ0v) is 19.3. The minimum absolute atomic E-state index is 0.953. The highest BCUT2D eigenvalue weighted by molar-refractivity contribution is 5.73. The standard InChI is InChI=1S/C17H24N4O.2C2HF3O2/c1-19-17-12-21(9-14-5-8-22-13-14)10-15(17)16(18-19)11-20-6-3-2-4-7-20;2*3-2(4,5)1(6)7/h5,8,13H,2-4,6-7,9-12H2,1H3;2*(H,6,7). The number of nitrogens with zero attached hydrogens (tertiary/aromatic N) is 4. The number of fused-ring (bicyclic) bond motifs is 1. The lowest BCUT2D eigenvalue weighted by molar-refractivity contribution is -0.193. The monoisotopic (exact) mass is 528 g/mol. The average molecular weight is 528 g/mol. The van der Waals surface area contributed by atoms with Gasteiger partial charge in [0.25, 0.3) is 0 Å². The van der Waals surface area contributed by atoms with E-state index in [9.17, 15) is 26.3 Å². The second kappa shape index (κ2) is 12.3. The number of carbonyl (C=O) groups is 2. The molecule has 4 heterocycles. The number of aryl methyl sites for hydroxylation is 1. The lowest BCUT2D eigenvalue weighted by atomic mass is 10.1. The van der Waals surface area contributed by atoms with Crippen LogP contribution in [0.15, 0.2) is 23.0 Å². The van der Waals surface area contributed by atoms with Crippen LogP contribution < -0.4 is 0 Å². The molecule has 0 aliphatic carbocycles. The summed E-state index contributed by atoms with van der Waals surface area (Å²) in [6, 6.07) is 2.05. The number of piperidine rings is 1.